The summed E-state index contributed by atoms with van der Waals surface area (Å²) in [5.41, 5.74) is 0.131. The van der Waals surface area contributed by atoms with Crippen molar-refractivity contribution in [1.82, 2.24) is 9.88 Å². The number of halogens is 3. The highest BCUT2D eigenvalue weighted by Crippen LogP contribution is 2.29. The quantitative estimate of drug-likeness (QED) is 0.793. The molecule has 0 fully saturated rings. The van der Waals surface area contributed by atoms with Crippen molar-refractivity contribution in [3.05, 3.63) is 65.0 Å². The number of carbonyl (C=O) groups excluding carboxylic acids is 2. The predicted molar refractivity (Wildman–Crippen MR) is 82.8 cm³/mol. The molecule has 0 atom stereocenters. The molecule has 1 amide bonds. The van der Waals surface area contributed by atoms with Crippen molar-refractivity contribution < 1.29 is 27.5 Å². The van der Waals surface area contributed by atoms with Crippen LogP contribution in [0.5, 0.6) is 0 Å². The molecule has 0 bridgehead atoms. The molecule has 0 aliphatic rings. The molecule has 0 N–H and O–H groups in total. The van der Waals surface area contributed by atoms with E-state index in [2.05, 4.69) is 9.72 Å². The molecule has 1 aromatic heterocycles. The Hall–Kier alpha value is -2.90. The van der Waals surface area contributed by atoms with Crippen molar-refractivity contribution in [3.63, 3.8) is 0 Å². The minimum atomic E-state index is -4.40. The minimum Gasteiger partial charge on any atom is -0.465 e. The van der Waals surface area contributed by atoms with E-state index in [1.807, 2.05) is 0 Å². The van der Waals surface area contributed by atoms with Crippen LogP contribution in [0.2, 0.25) is 0 Å². The van der Waals surface area contributed by atoms with E-state index in [4.69, 9.17) is 0 Å². The number of benzene rings is 1. The van der Waals surface area contributed by atoms with Crippen molar-refractivity contribution >= 4 is 11.9 Å². The van der Waals surface area contributed by atoms with Crippen molar-refractivity contribution in [2.75, 3.05) is 14.2 Å². The van der Waals surface area contributed by atoms with Gasteiger partial charge in [0.2, 0.25) is 0 Å². The van der Waals surface area contributed by atoms with Gasteiger partial charge in [0.15, 0.2) is 0 Å². The molecule has 5 nitrogen and oxygen atoms in total. The van der Waals surface area contributed by atoms with Crippen LogP contribution in [0.15, 0.2) is 42.6 Å². The first kappa shape index (κ1) is 18.4. The summed E-state index contributed by atoms with van der Waals surface area (Å²) >= 11 is 0. The van der Waals surface area contributed by atoms with Crippen LogP contribution in [-0.2, 0) is 17.5 Å². The van der Waals surface area contributed by atoms with Gasteiger partial charge in [-0.3, -0.25) is 9.78 Å². The highest BCUT2D eigenvalue weighted by atomic mass is 19.4. The molecule has 2 aromatic rings. The zero-order chi connectivity index (χ0) is 18.6. The smallest absolute Gasteiger partial charge is 0.416 e. The van der Waals surface area contributed by atoms with Gasteiger partial charge in [0.05, 0.1) is 18.2 Å². The third-order valence-electron chi connectivity index (χ3n) is 3.45. The maximum atomic E-state index is 12.5. The third kappa shape index (κ3) is 4.56. The fourth-order valence-electron chi connectivity index (χ4n) is 2.10. The van der Waals surface area contributed by atoms with Gasteiger partial charge < -0.3 is 9.64 Å². The van der Waals surface area contributed by atoms with E-state index in [0.29, 0.717) is 5.56 Å². The number of rotatable bonds is 4. The lowest BCUT2D eigenvalue weighted by Gasteiger charge is -2.17. The number of ether oxygens (including phenoxy) is 1. The fraction of sp³-hybridized carbons (Fsp3) is 0.235. The van der Waals surface area contributed by atoms with E-state index >= 15 is 0 Å². The van der Waals surface area contributed by atoms with Crippen molar-refractivity contribution in [1.29, 1.82) is 0 Å². The Bertz CT molecular complexity index is 756. The van der Waals surface area contributed by atoms with Crippen LogP contribution in [0.25, 0.3) is 0 Å². The zero-order valence-electron chi connectivity index (χ0n) is 13.5. The summed E-state index contributed by atoms with van der Waals surface area (Å²) in [6.07, 6.45) is -3.17. The fourth-order valence-corrected chi connectivity index (χ4v) is 2.10. The summed E-state index contributed by atoms with van der Waals surface area (Å²) in [6, 6.07) is 7.38. The van der Waals surface area contributed by atoms with Gasteiger partial charge in [-0.15, -0.1) is 0 Å². The summed E-state index contributed by atoms with van der Waals surface area (Å²) in [6.45, 7) is 0.122. The number of hydrogen-bond donors (Lipinski definition) is 0. The standard InChI is InChI=1S/C17H15F3N2O3/c1-22(10-11-3-6-13(7-4-11)17(18,19)20)15(23)14-8-5-12(9-21-14)16(24)25-2/h3-9H,10H2,1-2H3. The number of aromatic nitrogens is 1. The average molecular weight is 352 g/mol. The second-order valence-corrected chi connectivity index (χ2v) is 5.28. The summed E-state index contributed by atoms with van der Waals surface area (Å²) in [7, 11) is 2.75. The van der Waals surface area contributed by atoms with Gasteiger partial charge in [0.1, 0.15) is 5.69 Å². The lowest BCUT2D eigenvalue weighted by atomic mass is 10.1. The molecule has 0 radical (unpaired) electrons. The molecule has 0 aliphatic carbocycles. The number of carbonyl (C=O) groups is 2. The molecular formula is C17H15F3N2O3. The van der Waals surface area contributed by atoms with Gasteiger partial charge in [-0.25, -0.2) is 4.79 Å². The van der Waals surface area contributed by atoms with Crippen LogP contribution in [0.1, 0.15) is 32.0 Å². The normalized spacial score (nSPS) is 11.1. The highest BCUT2D eigenvalue weighted by molar-refractivity contribution is 5.94. The first-order valence-corrected chi connectivity index (χ1v) is 7.18. The Morgan fingerprint density at radius 2 is 1.76 bits per heavy atom. The topological polar surface area (TPSA) is 59.5 Å². The van der Waals surface area contributed by atoms with Crippen LogP contribution < -0.4 is 0 Å². The lowest BCUT2D eigenvalue weighted by molar-refractivity contribution is -0.137. The third-order valence-corrected chi connectivity index (χ3v) is 3.45. The number of esters is 1. The molecule has 132 valence electrons. The maximum Gasteiger partial charge on any atom is 0.416 e. The Labute approximate surface area is 142 Å². The van der Waals surface area contributed by atoms with E-state index < -0.39 is 23.6 Å². The molecule has 0 unspecified atom stereocenters. The highest BCUT2D eigenvalue weighted by Gasteiger charge is 2.30. The first-order chi connectivity index (χ1) is 11.7. The van der Waals surface area contributed by atoms with Crippen LogP contribution in [0.4, 0.5) is 13.2 Å². The molecular weight excluding hydrogens is 337 g/mol. The summed E-state index contributed by atoms with van der Waals surface area (Å²) < 4.78 is 42.2. The Balaban J connectivity index is 2.06. The molecule has 25 heavy (non-hydrogen) atoms. The van der Waals surface area contributed by atoms with Gasteiger partial charge >= 0.3 is 12.1 Å². The number of hydrogen-bond acceptors (Lipinski definition) is 4. The average Bonchev–Trinajstić information content (AvgIpc) is 2.60. The number of nitrogens with zero attached hydrogens (tertiary/aromatic N) is 2. The van der Waals surface area contributed by atoms with Gasteiger partial charge in [-0.05, 0) is 29.8 Å². The van der Waals surface area contributed by atoms with Gasteiger partial charge in [0, 0.05) is 19.8 Å². The van der Waals surface area contributed by atoms with Crippen LogP contribution >= 0.6 is 0 Å². The van der Waals surface area contributed by atoms with Crippen molar-refractivity contribution in [2.24, 2.45) is 0 Å². The second kappa shape index (κ2) is 7.33. The van der Waals surface area contributed by atoms with E-state index in [-0.39, 0.29) is 17.8 Å². The summed E-state index contributed by atoms with van der Waals surface area (Å²) in [5.74, 6) is -0.985. The van der Waals surface area contributed by atoms with E-state index in [1.54, 1.807) is 0 Å². The zero-order valence-corrected chi connectivity index (χ0v) is 13.5. The number of amides is 1. The SMILES string of the molecule is COC(=O)c1ccc(C(=O)N(C)Cc2ccc(C(F)(F)F)cc2)nc1. The molecule has 1 aromatic carbocycles. The molecule has 0 saturated carbocycles. The van der Waals surface area contributed by atoms with Crippen LogP contribution in [0, 0.1) is 0 Å². The monoisotopic (exact) mass is 352 g/mol. The number of alkyl halides is 3. The molecule has 2 rings (SSSR count). The molecule has 0 aliphatic heterocycles. The van der Waals surface area contributed by atoms with E-state index in [0.717, 1.165) is 12.1 Å². The molecule has 0 spiro atoms. The minimum absolute atomic E-state index is 0.113. The van der Waals surface area contributed by atoms with Gasteiger partial charge in [-0.1, -0.05) is 12.1 Å². The molecule has 8 heteroatoms. The Kier molecular flexibility index (Phi) is 5.41. The van der Waals surface area contributed by atoms with Gasteiger partial charge in [-0.2, -0.15) is 13.2 Å². The van der Waals surface area contributed by atoms with Gasteiger partial charge in [0.25, 0.3) is 5.91 Å². The lowest BCUT2D eigenvalue weighted by Crippen LogP contribution is -2.27. The summed E-state index contributed by atoms with van der Waals surface area (Å²) in [4.78, 5) is 28.9. The van der Waals surface area contributed by atoms with Crippen molar-refractivity contribution in [2.45, 2.75) is 12.7 Å². The first-order valence-electron chi connectivity index (χ1n) is 7.18. The van der Waals surface area contributed by atoms with Crippen LogP contribution in [-0.4, -0.2) is 35.9 Å². The largest absolute Gasteiger partial charge is 0.465 e. The molecule has 0 saturated heterocycles. The summed E-state index contributed by atoms with van der Waals surface area (Å²) in [5, 5.41) is 0. The Morgan fingerprint density at radius 3 is 2.24 bits per heavy atom. The van der Waals surface area contributed by atoms with Crippen molar-refractivity contribution in [3.8, 4) is 0 Å². The van der Waals surface area contributed by atoms with Crippen LogP contribution in [0.3, 0.4) is 0 Å². The maximum absolute atomic E-state index is 12.5. The molecule has 1 heterocycles. The number of methoxy groups -OCH3 is 1. The second-order valence-electron chi connectivity index (χ2n) is 5.28. The van der Waals surface area contributed by atoms with E-state index in [9.17, 15) is 22.8 Å². The Morgan fingerprint density at radius 1 is 1.12 bits per heavy atom. The van der Waals surface area contributed by atoms with E-state index in [1.165, 1.54) is 49.5 Å². The number of pyridine rings is 1. The predicted octanol–water partition coefficient (Wildman–Crippen LogP) is 3.16.